The minimum atomic E-state index is 0.204. The summed E-state index contributed by atoms with van der Waals surface area (Å²) < 4.78 is 6.62. The molecule has 0 aromatic carbocycles. The fourth-order valence-corrected chi connectivity index (χ4v) is 3.08. The molecule has 17 heavy (non-hydrogen) atoms. The maximum atomic E-state index is 5.91. The van der Waals surface area contributed by atoms with E-state index >= 15 is 0 Å². The molecule has 3 nitrogen and oxygen atoms in total. The lowest BCUT2D eigenvalue weighted by Crippen LogP contribution is -2.49. The summed E-state index contributed by atoms with van der Waals surface area (Å²) in [6.07, 6.45) is 1.88. The number of hydrogen-bond acceptors (Lipinski definition) is 3. The molecule has 1 aromatic rings. The van der Waals surface area contributed by atoms with Crippen molar-refractivity contribution in [3.05, 3.63) is 21.8 Å². The third-order valence-electron chi connectivity index (χ3n) is 2.74. The number of morpholine rings is 1. The number of halogens is 3. The van der Waals surface area contributed by atoms with Gasteiger partial charge in [0.05, 0.1) is 28.2 Å². The first kappa shape index (κ1) is 13.6. The molecule has 0 aliphatic carbocycles. The van der Waals surface area contributed by atoms with Crippen molar-refractivity contribution in [1.29, 1.82) is 0 Å². The molecule has 1 aliphatic heterocycles. The van der Waals surface area contributed by atoms with E-state index in [-0.39, 0.29) is 6.10 Å². The van der Waals surface area contributed by atoms with Crippen molar-refractivity contribution in [2.24, 2.45) is 0 Å². The molecule has 0 bridgehead atoms. The smallest absolute Gasteiger partial charge is 0.143 e. The fraction of sp³-hybridized carbons (Fsp3) is 0.545. The molecule has 2 unspecified atom stereocenters. The third-order valence-corrected chi connectivity index (χ3v) is 4.25. The Kier molecular flexibility index (Phi) is 4.69. The molecule has 1 fully saturated rings. The summed E-state index contributed by atoms with van der Waals surface area (Å²) in [5, 5.41) is 1.47. The highest BCUT2D eigenvalue weighted by Gasteiger charge is 2.27. The number of nitrogens with zero attached hydrogens (tertiary/aromatic N) is 2. The summed E-state index contributed by atoms with van der Waals surface area (Å²) in [5.41, 5.74) is 0. The van der Waals surface area contributed by atoms with Crippen LogP contribution >= 0.6 is 43.5 Å². The van der Waals surface area contributed by atoms with Gasteiger partial charge in [-0.15, -0.1) is 0 Å². The van der Waals surface area contributed by atoms with Crippen LogP contribution < -0.4 is 4.90 Å². The molecule has 2 heterocycles. The van der Waals surface area contributed by atoms with Crippen LogP contribution in [0.5, 0.6) is 0 Å². The zero-order chi connectivity index (χ0) is 12.4. The van der Waals surface area contributed by atoms with Crippen molar-refractivity contribution in [3.8, 4) is 0 Å². The monoisotopic (exact) mass is 382 g/mol. The summed E-state index contributed by atoms with van der Waals surface area (Å²) in [6.45, 7) is 3.68. The number of hydrogen-bond donors (Lipinski definition) is 0. The summed E-state index contributed by atoms with van der Waals surface area (Å²) in [6, 6.07) is 2.19. The number of aromatic nitrogens is 1. The Labute approximate surface area is 123 Å². The number of ether oxygens (including phenoxy) is 1. The Morgan fingerprint density at radius 3 is 3.06 bits per heavy atom. The van der Waals surface area contributed by atoms with Gasteiger partial charge < -0.3 is 9.64 Å². The van der Waals surface area contributed by atoms with Gasteiger partial charge in [0.15, 0.2) is 0 Å². The lowest BCUT2D eigenvalue weighted by atomic mass is 10.2. The molecule has 94 valence electrons. The van der Waals surface area contributed by atoms with Gasteiger partial charge in [0.1, 0.15) is 5.82 Å². The van der Waals surface area contributed by atoms with Crippen LogP contribution in [0.3, 0.4) is 0 Å². The topological polar surface area (TPSA) is 25.4 Å². The summed E-state index contributed by atoms with van der Waals surface area (Å²) in [5.74, 6) is 0.927. The summed E-state index contributed by atoms with van der Waals surface area (Å²) in [7, 11) is 0. The van der Waals surface area contributed by atoms with Crippen LogP contribution in [-0.4, -0.2) is 35.6 Å². The van der Waals surface area contributed by atoms with Gasteiger partial charge in [0, 0.05) is 18.1 Å². The number of rotatable bonds is 2. The van der Waals surface area contributed by atoms with Crippen LogP contribution in [0.15, 0.2) is 16.7 Å². The predicted octanol–water partition coefficient (Wildman–Crippen LogP) is 3.49. The van der Waals surface area contributed by atoms with Gasteiger partial charge in [-0.05, 0) is 28.9 Å². The number of anilines is 1. The molecule has 1 aliphatic rings. The van der Waals surface area contributed by atoms with Gasteiger partial charge in [-0.25, -0.2) is 4.98 Å². The SMILES string of the molecule is CC1COC(CBr)CN1c1ncc(Cl)cc1Br. The Hall–Kier alpha value is 0.160. The molecule has 2 rings (SSSR count). The molecule has 6 heteroatoms. The number of alkyl halides is 1. The molecule has 0 spiro atoms. The maximum Gasteiger partial charge on any atom is 0.143 e. The van der Waals surface area contributed by atoms with Crippen molar-refractivity contribution in [1.82, 2.24) is 4.98 Å². The van der Waals surface area contributed by atoms with Gasteiger partial charge in [0.25, 0.3) is 0 Å². The van der Waals surface area contributed by atoms with Gasteiger partial charge in [0.2, 0.25) is 0 Å². The van der Waals surface area contributed by atoms with Gasteiger partial charge in [-0.2, -0.15) is 0 Å². The van der Waals surface area contributed by atoms with Crippen molar-refractivity contribution < 1.29 is 4.74 Å². The van der Waals surface area contributed by atoms with Crippen LogP contribution in [0.4, 0.5) is 5.82 Å². The first-order chi connectivity index (χ1) is 8.11. The molecule has 0 amide bonds. The minimum Gasteiger partial charge on any atom is -0.373 e. The van der Waals surface area contributed by atoms with Crippen molar-refractivity contribution >= 4 is 49.3 Å². The van der Waals surface area contributed by atoms with Crippen LogP contribution in [0.2, 0.25) is 5.02 Å². The summed E-state index contributed by atoms with van der Waals surface area (Å²) in [4.78, 5) is 6.64. The van der Waals surface area contributed by atoms with E-state index in [0.29, 0.717) is 17.7 Å². The third kappa shape index (κ3) is 3.13. The second-order valence-corrected chi connectivity index (χ2v) is 6.01. The average Bonchev–Trinajstić information content (AvgIpc) is 2.30. The fourth-order valence-electron chi connectivity index (χ4n) is 1.82. The van der Waals surface area contributed by atoms with E-state index in [1.54, 1.807) is 6.20 Å². The molecular formula is C11H13Br2ClN2O. The van der Waals surface area contributed by atoms with E-state index in [9.17, 15) is 0 Å². The van der Waals surface area contributed by atoms with E-state index < -0.39 is 0 Å². The highest BCUT2D eigenvalue weighted by Crippen LogP contribution is 2.29. The van der Waals surface area contributed by atoms with E-state index in [4.69, 9.17) is 16.3 Å². The Bertz CT molecular complexity index is 405. The van der Waals surface area contributed by atoms with Crippen LogP contribution in [0.25, 0.3) is 0 Å². The van der Waals surface area contributed by atoms with E-state index in [1.165, 1.54) is 0 Å². The first-order valence-corrected chi connectivity index (χ1v) is 7.66. The van der Waals surface area contributed by atoms with Gasteiger partial charge in [-0.1, -0.05) is 27.5 Å². The van der Waals surface area contributed by atoms with Crippen LogP contribution in [-0.2, 0) is 4.74 Å². The second kappa shape index (κ2) is 5.87. The molecule has 0 saturated carbocycles. The van der Waals surface area contributed by atoms with Gasteiger partial charge in [-0.3, -0.25) is 0 Å². The Morgan fingerprint density at radius 1 is 1.65 bits per heavy atom. The lowest BCUT2D eigenvalue weighted by molar-refractivity contribution is 0.0376. The molecule has 0 radical (unpaired) electrons. The van der Waals surface area contributed by atoms with Crippen molar-refractivity contribution in [2.75, 3.05) is 23.4 Å². The minimum absolute atomic E-state index is 0.204. The van der Waals surface area contributed by atoms with Crippen LogP contribution in [0, 0.1) is 0 Å². The first-order valence-electron chi connectivity index (χ1n) is 5.37. The molecule has 1 saturated heterocycles. The molecule has 2 atom stereocenters. The largest absolute Gasteiger partial charge is 0.373 e. The Balaban J connectivity index is 2.24. The van der Waals surface area contributed by atoms with E-state index in [1.807, 2.05) is 6.07 Å². The highest BCUT2D eigenvalue weighted by molar-refractivity contribution is 9.10. The Morgan fingerprint density at radius 2 is 2.41 bits per heavy atom. The maximum absolute atomic E-state index is 5.91. The standard InChI is InChI=1S/C11H13Br2ClN2O/c1-7-6-17-9(3-12)5-16(7)11-10(13)2-8(14)4-15-11/h2,4,7,9H,3,5-6H2,1H3. The van der Waals surface area contributed by atoms with E-state index in [2.05, 4.69) is 48.7 Å². The zero-order valence-corrected chi connectivity index (χ0v) is 13.3. The molecule has 0 N–H and O–H groups in total. The van der Waals surface area contributed by atoms with Gasteiger partial charge >= 0.3 is 0 Å². The van der Waals surface area contributed by atoms with Crippen molar-refractivity contribution in [2.45, 2.75) is 19.1 Å². The van der Waals surface area contributed by atoms with Crippen molar-refractivity contribution in [3.63, 3.8) is 0 Å². The average molecular weight is 384 g/mol. The lowest BCUT2D eigenvalue weighted by Gasteiger charge is -2.38. The molecule has 1 aromatic heterocycles. The second-order valence-electron chi connectivity index (χ2n) is 4.07. The van der Waals surface area contributed by atoms with Crippen LogP contribution in [0.1, 0.15) is 6.92 Å². The van der Waals surface area contributed by atoms with E-state index in [0.717, 1.165) is 22.2 Å². The number of pyridine rings is 1. The summed E-state index contributed by atoms with van der Waals surface area (Å²) >= 11 is 12.9. The predicted molar refractivity (Wildman–Crippen MR) is 77.3 cm³/mol. The normalized spacial score (nSPS) is 25.1. The zero-order valence-electron chi connectivity index (χ0n) is 9.37. The highest BCUT2D eigenvalue weighted by atomic mass is 79.9. The quantitative estimate of drug-likeness (QED) is 0.730. The molecular weight excluding hydrogens is 371 g/mol.